The van der Waals surface area contributed by atoms with Crippen molar-refractivity contribution in [3.63, 3.8) is 0 Å². The minimum atomic E-state index is -0.243. The van der Waals surface area contributed by atoms with E-state index in [0.717, 1.165) is 53.0 Å². The van der Waals surface area contributed by atoms with Gasteiger partial charge < -0.3 is 9.84 Å². The predicted octanol–water partition coefficient (Wildman–Crippen LogP) is 6.33. The fourth-order valence-electron chi connectivity index (χ4n) is 4.13. The van der Waals surface area contributed by atoms with Crippen molar-refractivity contribution in [2.75, 3.05) is 26.7 Å². The summed E-state index contributed by atoms with van der Waals surface area (Å²) in [5.74, 6) is 1.04. The molecule has 2 aromatic carbocycles. The summed E-state index contributed by atoms with van der Waals surface area (Å²) in [6.45, 7) is 6.98. The minimum absolute atomic E-state index is 0.243. The van der Waals surface area contributed by atoms with Crippen LogP contribution in [0.5, 0.6) is 11.5 Å². The van der Waals surface area contributed by atoms with E-state index in [2.05, 4.69) is 38.9 Å². The third kappa shape index (κ3) is 4.91. The molecule has 3 rings (SSSR count). The molecule has 0 bridgehead atoms. The number of halogens is 2. The van der Waals surface area contributed by atoms with Gasteiger partial charge in [-0.05, 0) is 56.0 Å². The molecule has 0 aromatic heterocycles. The van der Waals surface area contributed by atoms with Gasteiger partial charge in [0, 0.05) is 40.3 Å². The zero-order valence-electron chi connectivity index (χ0n) is 17.4. The van der Waals surface area contributed by atoms with Gasteiger partial charge in [0.25, 0.3) is 0 Å². The van der Waals surface area contributed by atoms with Crippen LogP contribution >= 0.6 is 27.5 Å². The van der Waals surface area contributed by atoms with Crippen LogP contribution in [0.2, 0.25) is 5.02 Å². The largest absolute Gasteiger partial charge is 0.507 e. The molecule has 1 atom stereocenters. The van der Waals surface area contributed by atoms with Crippen molar-refractivity contribution < 1.29 is 9.84 Å². The third-order valence-corrected chi connectivity index (χ3v) is 6.39. The molecule has 2 aromatic rings. The SMILES string of the molecule is CCCN(C(c1cc(Br)ccc1OC)c1c(Cl)ccc(C)c1O)N1CCCCC1. The van der Waals surface area contributed by atoms with E-state index in [4.69, 9.17) is 16.3 Å². The number of aryl methyl sites for hydroxylation is 1. The topological polar surface area (TPSA) is 35.9 Å². The van der Waals surface area contributed by atoms with Crippen molar-refractivity contribution in [1.82, 2.24) is 10.0 Å². The molecule has 158 valence electrons. The Morgan fingerprint density at radius 2 is 1.93 bits per heavy atom. The summed E-state index contributed by atoms with van der Waals surface area (Å²) in [5, 5.41) is 16.4. The molecule has 29 heavy (non-hydrogen) atoms. The number of hydrogen-bond donors (Lipinski definition) is 1. The van der Waals surface area contributed by atoms with Crippen molar-refractivity contribution in [1.29, 1.82) is 0 Å². The van der Waals surface area contributed by atoms with Gasteiger partial charge in [-0.25, -0.2) is 10.0 Å². The zero-order valence-corrected chi connectivity index (χ0v) is 19.8. The lowest BCUT2D eigenvalue weighted by molar-refractivity contribution is -0.0640. The monoisotopic (exact) mass is 480 g/mol. The van der Waals surface area contributed by atoms with Crippen molar-refractivity contribution >= 4 is 27.5 Å². The molecule has 1 heterocycles. The van der Waals surface area contributed by atoms with Gasteiger partial charge >= 0.3 is 0 Å². The minimum Gasteiger partial charge on any atom is -0.507 e. The Kier molecular flexibility index (Phi) is 7.85. The second-order valence-electron chi connectivity index (χ2n) is 7.59. The highest BCUT2D eigenvalue weighted by Gasteiger charge is 2.33. The maximum absolute atomic E-state index is 11.1. The number of hydrogen-bond acceptors (Lipinski definition) is 4. The molecule has 1 aliphatic rings. The fourth-order valence-corrected chi connectivity index (χ4v) is 4.77. The molecule has 0 spiro atoms. The molecule has 1 N–H and O–H groups in total. The van der Waals surface area contributed by atoms with Crippen LogP contribution in [0.3, 0.4) is 0 Å². The summed E-state index contributed by atoms with van der Waals surface area (Å²) in [7, 11) is 1.69. The second kappa shape index (κ2) is 10.2. The Balaban J connectivity index is 2.24. The van der Waals surface area contributed by atoms with Gasteiger partial charge in [-0.2, -0.15) is 0 Å². The van der Waals surface area contributed by atoms with Crippen molar-refractivity contribution in [3.05, 3.63) is 56.5 Å². The van der Waals surface area contributed by atoms with E-state index in [-0.39, 0.29) is 11.8 Å². The van der Waals surface area contributed by atoms with E-state index in [0.29, 0.717) is 5.02 Å². The van der Waals surface area contributed by atoms with Crippen molar-refractivity contribution in [2.45, 2.75) is 45.6 Å². The lowest BCUT2D eigenvalue weighted by atomic mass is 9.94. The third-order valence-electron chi connectivity index (χ3n) is 5.57. The Bertz CT molecular complexity index is 840. The van der Waals surface area contributed by atoms with Gasteiger partial charge in [-0.15, -0.1) is 0 Å². The summed E-state index contributed by atoms with van der Waals surface area (Å²) in [6, 6.07) is 9.52. The molecule has 1 saturated heterocycles. The highest BCUT2D eigenvalue weighted by atomic mass is 79.9. The van der Waals surface area contributed by atoms with E-state index in [1.165, 1.54) is 19.3 Å². The number of methoxy groups -OCH3 is 1. The lowest BCUT2D eigenvalue weighted by Crippen LogP contribution is -2.48. The van der Waals surface area contributed by atoms with Crippen LogP contribution in [0, 0.1) is 6.92 Å². The Labute approximate surface area is 187 Å². The molecule has 1 unspecified atom stereocenters. The number of benzene rings is 2. The van der Waals surface area contributed by atoms with E-state index >= 15 is 0 Å². The van der Waals surface area contributed by atoms with Gasteiger partial charge in [0.2, 0.25) is 0 Å². The summed E-state index contributed by atoms with van der Waals surface area (Å²) >= 11 is 10.3. The normalized spacial score (nSPS) is 16.2. The van der Waals surface area contributed by atoms with E-state index in [1.807, 2.05) is 31.2 Å². The van der Waals surface area contributed by atoms with Crippen LogP contribution in [0.25, 0.3) is 0 Å². The van der Waals surface area contributed by atoms with Crippen LogP contribution in [-0.4, -0.2) is 41.9 Å². The number of phenols is 1. The molecule has 0 saturated carbocycles. The summed E-state index contributed by atoms with van der Waals surface area (Å²) < 4.78 is 6.71. The van der Waals surface area contributed by atoms with Gasteiger partial charge in [0.05, 0.1) is 13.2 Å². The second-order valence-corrected chi connectivity index (χ2v) is 8.92. The van der Waals surface area contributed by atoms with Crippen molar-refractivity contribution in [3.8, 4) is 11.5 Å². The molecule has 0 radical (unpaired) electrons. The smallest absolute Gasteiger partial charge is 0.125 e. The number of hydrazine groups is 1. The maximum atomic E-state index is 11.1. The average molecular weight is 482 g/mol. The summed E-state index contributed by atoms with van der Waals surface area (Å²) in [6.07, 6.45) is 4.61. The highest BCUT2D eigenvalue weighted by Crippen LogP contribution is 2.45. The van der Waals surface area contributed by atoms with Crippen LogP contribution < -0.4 is 4.74 Å². The average Bonchev–Trinajstić information content (AvgIpc) is 2.73. The predicted molar refractivity (Wildman–Crippen MR) is 123 cm³/mol. The first-order valence-electron chi connectivity index (χ1n) is 10.3. The van der Waals surface area contributed by atoms with Gasteiger partial charge in [0.15, 0.2) is 0 Å². The highest BCUT2D eigenvalue weighted by molar-refractivity contribution is 9.10. The number of rotatable bonds is 7. The van der Waals surface area contributed by atoms with E-state index < -0.39 is 0 Å². The molecule has 0 aliphatic carbocycles. The van der Waals surface area contributed by atoms with E-state index in [1.54, 1.807) is 7.11 Å². The Hall–Kier alpha value is -1.27. The molecule has 0 amide bonds. The van der Waals surface area contributed by atoms with Crippen molar-refractivity contribution in [2.24, 2.45) is 0 Å². The molecular weight excluding hydrogens is 452 g/mol. The molecule has 6 heteroatoms. The van der Waals surface area contributed by atoms with Gasteiger partial charge in [0.1, 0.15) is 11.5 Å². The van der Waals surface area contributed by atoms with E-state index in [9.17, 15) is 5.11 Å². The van der Waals surface area contributed by atoms with Gasteiger partial charge in [-0.1, -0.05) is 46.9 Å². The standard InChI is InChI=1S/C23H30BrClN2O2/c1-4-12-27(26-13-6-5-7-14-26)22(18-15-17(24)9-11-20(18)29-3)21-19(25)10-8-16(2)23(21)28/h8-11,15,22,28H,4-7,12-14H2,1-3H3. The number of nitrogens with zero attached hydrogens (tertiary/aromatic N) is 2. The lowest BCUT2D eigenvalue weighted by Gasteiger charge is -2.43. The number of aromatic hydroxyl groups is 1. The molecule has 4 nitrogen and oxygen atoms in total. The van der Waals surface area contributed by atoms with Crippen LogP contribution in [-0.2, 0) is 0 Å². The first kappa shape index (κ1) is 22.4. The first-order chi connectivity index (χ1) is 14.0. The van der Waals surface area contributed by atoms with Gasteiger partial charge in [-0.3, -0.25) is 0 Å². The summed E-state index contributed by atoms with van der Waals surface area (Å²) in [4.78, 5) is 0. The first-order valence-corrected chi connectivity index (χ1v) is 11.5. The van der Waals surface area contributed by atoms with Crippen LogP contribution in [0.1, 0.15) is 55.3 Å². The van der Waals surface area contributed by atoms with Crippen LogP contribution in [0.4, 0.5) is 0 Å². The maximum Gasteiger partial charge on any atom is 0.125 e. The fraction of sp³-hybridized carbons (Fsp3) is 0.478. The molecular formula is C23H30BrClN2O2. The number of phenolic OH excluding ortho intramolecular Hbond substituents is 1. The number of ether oxygens (including phenoxy) is 1. The van der Waals surface area contributed by atoms with Crippen LogP contribution in [0.15, 0.2) is 34.8 Å². The molecule has 1 aliphatic heterocycles. The summed E-state index contributed by atoms with van der Waals surface area (Å²) in [5.41, 5.74) is 2.55. The zero-order chi connectivity index (χ0) is 21.0. The Morgan fingerprint density at radius 3 is 2.59 bits per heavy atom. The molecule has 1 fully saturated rings. The number of piperidine rings is 1. The quantitative estimate of drug-likeness (QED) is 0.501. The Morgan fingerprint density at radius 1 is 1.21 bits per heavy atom.